The molecule has 3 nitrogen and oxygen atoms in total. The predicted molar refractivity (Wildman–Crippen MR) is 53.9 cm³/mol. The van der Waals surface area contributed by atoms with E-state index in [1.54, 1.807) is 0 Å². The lowest BCUT2D eigenvalue weighted by molar-refractivity contribution is 1.30. The Labute approximate surface area is 75.8 Å². The topological polar surface area (TPSA) is 37.0 Å². The lowest BCUT2D eigenvalue weighted by Crippen LogP contribution is -1.99. The number of pyridine rings is 1. The van der Waals surface area contributed by atoms with Crippen molar-refractivity contribution in [3.8, 4) is 0 Å². The van der Waals surface area contributed by atoms with E-state index in [1.165, 1.54) is 5.39 Å². The van der Waals surface area contributed by atoms with Crippen LogP contribution in [-0.2, 0) is 0 Å². The largest absolute Gasteiger partial charge is 0.366 e. The van der Waals surface area contributed by atoms with Gasteiger partial charge >= 0.3 is 0 Å². The van der Waals surface area contributed by atoms with Crippen molar-refractivity contribution in [2.24, 2.45) is 0 Å². The lowest BCUT2D eigenvalue weighted by Gasteiger charge is -2.02. The van der Waals surface area contributed by atoms with E-state index in [0.717, 1.165) is 23.6 Å². The van der Waals surface area contributed by atoms with E-state index in [4.69, 9.17) is 0 Å². The summed E-state index contributed by atoms with van der Waals surface area (Å²) in [6.07, 6.45) is 1.82. The number of hydrogen-bond donors (Lipinski definition) is 2. The van der Waals surface area contributed by atoms with Gasteiger partial charge in [-0.25, -0.2) is 0 Å². The van der Waals surface area contributed by atoms with Gasteiger partial charge < -0.3 is 10.6 Å². The van der Waals surface area contributed by atoms with Crippen molar-refractivity contribution in [2.45, 2.75) is 0 Å². The average Bonchev–Trinajstić information content (AvgIpc) is 2.65. The molecule has 1 aromatic carbocycles. The second kappa shape index (κ2) is 2.36. The maximum absolute atomic E-state index is 4.35. The summed E-state index contributed by atoms with van der Waals surface area (Å²) >= 11 is 0. The maximum Gasteiger partial charge on any atom is 0.0955 e. The van der Waals surface area contributed by atoms with Crippen molar-refractivity contribution in [2.75, 3.05) is 17.3 Å². The van der Waals surface area contributed by atoms with Gasteiger partial charge in [-0.05, 0) is 12.1 Å². The first-order valence-electron chi connectivity index (χ1n) is 4.30. The smallest absolute Gasteiger partial charge is 0.0955 e. The lowest BCUT2D eigenvalue weighted by atomic mass is 10.2. The molecule has 64 valence electrons. The number of aromatic nitrogens is 1. The first-order valence-corrected chi connectivity index (χ1v) is 4.30. The molecule has 13 heavy (non-hydrogen) atoms. The number of fused-ring (bicyclic) bond motifs is 3. The first kappa shape index (κ1) is 6.71. The van der Waals surface area contributed by atoms with Crippen LogP contribution in [0, 0.1) is 0 Å². The number of anilines is 2. The van der Waals surface area contributed by atoms with E-state index in [0.29, 0.717) is 0 Å². The Morgan fingerprint density at radius 2 is 2.15 bits per heavy atom. The SMILES string of the molecule is c1cnc2c3c(ccc2c1)NCN3. The molecule has 0 saturated carbocycles. The molecule has 0 atom stereocenters. The Balaban J connectivity index is 2.43. The predicted octanol–water partition coefficient (Wildman–Crippen LogP) is 2.03. The summed E-state index contributed by atoms with van der Waals surface area (Å²) < 4.78 is 0. The van der Waals surface area contributed by atoms with Crippen molar-refractivity contribution in [1.82, 2.24) is 4.98 Å². The summed E-state index contributed by atoms with van der Waals surface area (Å²) in [5.41, 5.74) is 3.31. The molecule has 0 radical (unpaired) electrons. The third-order valence-corrected chi connectivity index (χ3v) is 2.32. The third-order valence-electron chi connectivity index (χ3n) is 2.32. The summed E-state index contributed by atoms with van der Waals surface area (Å²) in [6.45, 7) is 0.797. The minimum atomic E-state index is 0.797. The zero-order valence-electron chi connectivity index (χ0n) is 7.04. The summed E-state index contributed by atoms with van der Waals surface area (Å²) in [5, 5.41) is 7.69. The molecule has 1 aliphatic heterocycles. The molecule has 1 aliphatic rings. The zero-order valence-corrected chi connectivity index (χ0v) is 7.04. The number of hydrogen-bond acceptors (Lipinski definition) is 3. The van der Waals surface area contributed by atoms with Crippen LogP contribution in [0.2, 0.25) is 0 Å². The van der Waals surface area contributed by atoms with Crippen LogP contribution >= 0.6 is 0 Å². The van der Waals surface area contributed by atoms with Gasteiger partial charge in [-0.3, -0.25) is 4.98 Å². The molecule has 0 spiro atoms. The summed E-state index contributed by atoms with van der Waals surface area (Å²) in [5.74, 6) is 0. The summed E-state index contributed by atoms with van der Waals surface area (Å²) in [7, 11) is 0. The highest BCUT2D eigenvalue weighted by atomic mass is 15.1. The fourth-order valence-corrected chi connectivity index (χ4v) is 1.70. The number of benzene rings is 1. The van der Waals surface area contributed by atoms with Crippen molar-refractivity contribution < 1.29 is 0 Å². The highest BCUT2D eigenvalue weighted by molar-refractivity contribution is 5.98. The molecule has 2 aromatic rings. The van der Waals surface area contributed by atoms with Crippen molar-refractivity contribution >= 4 is 22.3 Å². The van der Waals surface area contributed by atoms with E-state index >= 15 is 0 Å². The van der Waals surface area contributed by atoms with Crippen molar-refractivity contribution in [1.29, 1.82) is 0 Å². The molecule has 1 aromatic heterocycles. The van der Waals surface area contributed by atoms with Crippen LogP contribution < -0.4 is 10.6 Å². The Hall–Kier alpha value is -1.77. The molecule has 0 bridgehead atoms. The highest BCUT2D eigenvalue weighted by Crippen LogP contribution is 2.32. The van der Waals surface area contributed by atoms with E-state index in [2.05, 4.69) is 33.8 Å². The Morgan fingerprint density at radius 1 is 1.15 bits per heavy atom. The van der Waals surface area contributed by atoms with Gasteiger partial charge in [0, 0.05) is 11.6 Å². The molecule has 3 rings (SSSR count). The monoisotopic (exact) mass is 171 g/mol. The average molecular weight is 171 g/mol. The van der Waals surface area contributed by atoms with Gasteiger partial charge in [0.1, 0.15) is 0 Å². The van der Waals surface area contributed by atoms with Crippen LogP contribution in [0.4, 0.5) is 11.4 Å². The van der Waals surface area contributed by atoms with Crippen LogP contribution in [0.1, 0.15) is 0 Å². The molecule has 2 heterocycles. The molecule has 0 fully saturated rings. The normalized spacial score (nSPS) is 13.5. The second-order valence-electron chi connectivity index (χ2n) is 3.09. The fraction of sp³-hybridized carbons (Fsp3) is 0.100. The van der Waals surface area contributed by atoms with Gasteiger partial charge in [0.05, 0.1) is 23.6 Å². The highest BCUT2D eigenvalue weighted by Gasteiger charge is 2.12. The van der Waals surface area contributed by atoms with Crippen molar-refractivity contribution in [3.05, 3.63) is 30.5 Å². The molecule has 0 saturated heterocycles. The molecule has 0 aliphatic carbocycles. The van der Waals surface area contributed by atoms with E-state index in [-0.39, 0.29) is 0 Å². The minimum Gasteiger partial charge on any atom is -0.366 e. The Kier molecular flexibility index (Phi) is 1.22. The fourth-order valence-electron chi connectivity index (χ4n) is 1.70. The molecule has 0 unspecified atom stereocenters. The maximum atomic E-state index is 4.35. The van der Waals surface area contributed by atoms with Gasteiger partial charge in [-0.2, -0.15) is 0 Å². The van der Waals surface area contributed by atoms with Gasteiger partial charge in [0.15, 0.2) is 0 Å². The van der Waals surface area contributed by atoms with Gasteiger partial charge in [0.25, 0.3) is 0 Å². The minimum absolute atomic E-state index is 0.797. The Morgan fingerprint density at radius 3 is 3.15 bits per heavy atom. The number of nitrogens with one attached hydrogen (secondary N) is 2. The van der Waals surface area contributed by atoms with Crippen LogP contribution in [-0.4, -0.2) is 11.7 Å². The first-order chi connectivity index (χ1) is 6.45. The van der Waals surface area contributed by atoms with E-state index in [1.807, 2.05) is 12.3 Å². The molecule has 0 amide bonds. The standard InChI is InChI=1S/C10H9N3/c1-2-7-3-4-8-10(13-6-12-8)9(7)11-5-1/h1-5,12-13H,6H2. The van der Waals surface area contributed by atoms with Crippen LogP contribution in [0.5, 0.6) is 0 Å². The molecular formula is C10H9N3. The Bertz CT molecular complexity index is 465. The number of nitrogens with zero attached hydrogens (tertiary/aromatic N) is 1. The van der Waals surface area contributed by atoms with E-state index < -0.39 is 0 Å². The molecular weight excluding hydrogens is 162 g/mol. The number of rotatable bonds is 0. The van der Waals surface area contributed by atoms with Crippen molar-refractivity contribution in [3.63, 3.8) is 0 Å². The molecule has 2 N–H and O–H groups in total. The zero-order chi connectivity index (χ0) is 8.67. The van der Waals surface area contributed by atoms with Crippen LogP contribution in [0.15, 0.2) is 30.5 Å². The van der Waals surface area contributed by atoms with Gasteiger partial charge in [-0.15, -0.1) is 0 Å². The van der Waals surface area contributed by atoms with Crippen LogP contribution in [0.3, 0.4) is 0 Å². The third kappa shape index (κ3) is 0.869. The summed E-state index contributed by atoms with van der Waals surface area (Å²) in [4.78, 5) is 4.35. The van der Waals surface area contributed by atoms with E-state index in [9.17, 15) is 0 Å². The summed E-state index contributed by atoms with van der Waals surface area (Å²) in [6, 6.07) is 8.19. The molecule has 3 heteroatoms. The van der Waals surface area contributed by atoms with Gasteiger partial charge in [0.2, 0.25) is 0 Å². The second-order valence-corrected chi connectivity index (χ2v) is 3.09. The quantitative estimate of drug-likeness (QED) is 0.636. The van der Waals surface area contributed by atoms with Gasteiger partial charge in [-0.1, -0.05) is 12.1 Å². The van der Waals surface area contributed by atoms with Crippen LogP contribution in [0.25, 0.3) is 10.9 Å².